The van der Waals surface area contributed by atoms with Crippen molar-refractivity contribution >= 4 is 24.0 Å². The molecular weight excluding hydrogens is 294 g/mol. The fraction of sp³-hybridized carbons (Fsp3) is 0.500. The standard InChI is InChI=1S/C14H17N3O3.ClH/c18-14(10-2-1-3-12(8-10)17(19)20)16-7-5-13-11(9-16)4-6-15-13;/h1-3,8,11,13,15H,4-7,9H2;1H. The molecular formula is C14H18ClN3O3. The molecule has 0 spiro atoms. The van der Waals surface area contributed by atoms with E-state index in [4.69, 9.17) is 0 Å². The maximum Gasteiger partial charge on any atom is 0.270 e. The van der Waals surface area contributed by atoms with Crippen LogP contribution in [0.3, 0.4) is 0 Å². The summed E-state index contributed by atoms with van der Waals surface area (Å²) in [6.07, 6.45) is 2.06. The van der Waals surface area contributed by atoms with Gasteiger partial charge in [0.05, 0.1) is 4.92 Å². The summed E-state index contributed by atoms with van der Waals surface area (Å²) in [5.74, 6) is 0.422. The minimum atomic E-state index is -0.468. The van der Waals surface area contributed by atoms with E-state index >= 15 is 0 Å². The molecule has 2 saturated heterocycles. The highest BCUT2D eigenvalue weighted by molar-refractivity contribution is 5.94. The lowest BCUT2D eigenvalue weighted by molar-refractivity contribution is -0.384. The Kier molecular flexibility index (Phi) is 4.80. The third-order valence-corrected chi connectivity index (χ3v) is 4.25. The van der Waals surface area contributed by atoms with Gasteiger partial charge in [-0.15, -0.1) is 12.4 Å². The number of fused-ring (bicyclic) bond motifs is 1. The van der Waals surface area contributed by atoms with Gasteiger partial charge in [-0.05, 0) is 31.4 Å². The summed E-state index contributed by atoms with van der Waals surface area (Å²) in [7, 11) is 0. The van der Waals surface area contributed by atoms with Crippen LogP contribution >= 0.6 is 12.4 Å². The summed E-state index contributed by atoms with van der Waals surface area (Å²) in [6, 6.07) is 6.51. The molecule has 1 amide bonds. The van der Waals surface area contributed by atoms with E-state index in [1.807, 2.05) is 4.90 Å². The minimum absolute atomic E-state index is 0. The first kappa shape index (κ1) is 15.7. The number of halogens is 1. The van der Waals surface area contributed by atoms with Crippen LogP contribution in [0.5, 0.6) is 0 Å². The van der Waals surface area contributed by atoms with Crippen LogP contribution in [0.1, 0.15) is 23.2 Å². The number of hydrogen-bond donors (Lipinski definition) is 1. The van der Waals surface area contributed by atoms with Crippen molar-refractivity contribution < 1.29 is 9.72 Å². The summed E-state index contributed by atoms with van der Waals surface area (Å²) in [4.78, 5) is 24.6. The molecule has 2 heterocycles. The fourth-order valence-electron chi connectivity index (χ4n) is 3.17. The summed E-state index contributed by atoms with van der Waals surface area (Å²) in [5, 5.41) is 14.2. The van der Waals surface area contributed by atoms with Gasteiger partial charge in [0.1, 0.15) is 0 Å². The Morgan fingerprint density at radius 1 is 1.38 bits per heavy atom. The minimum Gasteiger partial charge on any atom is -0.338 e. The predicted molar refractivity (Wildman–Crippen MR) is 80.8 cm³/mol. The molecule has 2 atom stereocenters. The van der Waals surface area contributed by atoms with E-state index in [-0.39, 0.29) is 24.0 Å². The Hall–Kier alpha value is -1.66. The molecule has 3 rings (SSSR count). The van der Waals surface area contributed by atoms with E-state index in [1.54, 1.807) is 12.1 Å². The maximum absolute atomic E-state index is 12.4. The molecule has 2 fully saturated rings. The number of nitro groups is 1. The van der Waals surface area contributed by atoms with Crippen molar-refractivity contribution in [1.29, 1.82) is 0 Å². The highest BCUT2D eigenvalue weighted by Crippen LogP contribution is 2.26. The number of piperidine rings is 1. The van der Waals surface area contributed by atoms with Crippen molar-refractivity contribution in [2.45, 2.75) is 18.9 Å². The van der Waals surface area contributed by atoms with E-state index in [0.29, 0.717) is 17.5 Å². The number of rotatable bonds is 2. The Labute approximate surface area is 129 Å². The van der Waals surface area contributed by atoms with Crippen LogP contribution in [0, 0.1) is 16.0 Å². The normalized spacial score (nSPS) is 24.1. The van der Waals surface area contributed by atoms with Crippen molar-refractivity contribution in [3.8, 4) is 0 Å². The molecule has 0 aliphatic carbocycles. The quantitative estimate of drug-likeness (QED) is 0.668. The van der Waals surface area contributed by atoms with Crippen molar-refractivity contribution in [3.63, 3.8) is 0 Å². The third kappa shape index (κ3) is 3.16. The molecule has 1 N–H and O–H groups in total. The molecule has 6 nitrogen and oxygen atoms in total. The Bertz CT molecular complexity index is 552. The van der Waals surface area contributed by atoms with Gasteiger partial charge < -0.3 is 10.2 Å². The lowest BCUT2D eigenvalue weighted by Crippen LogP contribution is -2.46. The van der Waals surface area contributed by atoms with Crippen LogP contribution in [0.4, 0.5) is 5.69 Å². The van der Waals surface area contributed by atoms with Gasteiger partial charge in [-0.3, -0.25) is 14.9 Å². The predicted octanol–water partition coefficient (Wildman–Crippen LogP) is 1.84. The van der Waals surface area contributed by atoms with Gasteiger partial charge >= 0.3 is 0 Å². The average Bonchev–Trinajstić information content (AvgIpc) is 2.94. The topological polar surface area (TPSA) is 75.5 Å². The fourth-order valence-corrected chi connectivity index (χ4v) is 3.17. The zero-order valence-corrected chi connectivity index (χ0v) is 12.3. The lowest BCUT2D eigenvalue weighted by Gasteiger charge is -2.34. The van der Waals surface area contributed by atoms with Gasteiger partial charge in [0.25, 0.3) is 11.6 Å². The number of hydrogen-bond acceptors (Lipinski definition) is 4. The van der Waals surface area contributed by atoms with E-state index in [0.717, 1.165) is 32.5 Å². The van der Waals surface area contributed by atoms with Gasteiger partial charge in [0.2, 0.25) is 0 Å². The molecule has 0 bridgehead atoms. The first-order valence-electron chi connectivity index (χ1n) is 6.92. The number of amides is 1. The first-order valence-corrected chi connectivity index (χ1v) is 6.92. The van der Waals surface area contributed by atoms with Crippen molar-refractivity contribution in [3.05, 3.63) is 39.9 Å². The molecule has 0 saturated carbocycles. The van der Waals surface area contributed by atoms with Crippen LogP contribution in [0.15, 0.2) is 24.3 Å². The molecule has 0 aromatic heterocycles. The largest absolute Gasteiger partial charge is 0.338 e. The number of nitrogens with one attached hydrogen (secondary N) is 1. The van der Waals surface area contributed by atoms with Crippen LogP contribution in [0.2, 0.25) is 0 Å². The van der Waals surface area contributed by atoms with Crippen molar-refractivity contribution in [2.75, 3.05) is 19.6 Å². The van der Waals surface area contributed by atoms with Crippen LogP contribution in [-0.2, 0) is 0 Å². The van der Waals surface area contributed by atoms with Crippen molar-refractivity contribution in [1.82, 2.24) is 10.2 Å². The highest BCUT2D eigenvalue weighted by Gasteiger charge is 2.34. The second-order valence-electron chi connectivity index (χ2n) is 5.46. The van der Waals surface area contributed by atoms with Crippen LogP contribution < -0.4 is 5.32 Å². The van der Waals surface area contributed by atoms with Crippen LogP contribution in [0.25, 0.3) is 0 Å². The molecule has 1 aromatic rings. The van der Waals surface area contributed by atoms with Gasteiger partial charge in [-0.25, -0.2) is 0 Å². The molecule has 1 aromatic carbocycles. The molecule has 0 radical (unpaired) electrons. The smallest absolute Gasteiger partial charge is 0.270 e. The molecule has 2 aliphatic heterocycles. The van der Waals surface area contributed by atoms with E-state index in [2.05, 4.69) is 5.32 Å². The molecule has 21 heavy (non-hydrogen) atoms. The maximum atomic E-state index is 12.4. The van der Waals surface area contributed by atoms with E-state index in [9.17, 15) is 14.9 Å². The number of carbonyl (C=O) groups is 1. The number of likely N-dealkylation sites (tertiary alicyclic amines) is 1. The van der Waals surface area contributed by atoms with E-state index in [1.165, 1.54) is 12.1 Å². The van der Waals surface area contributed by atoms with Gasteiger partial charge in [0.15, 0.2) is 0 Å². The highest BCUT2D eigenvalue weighted by atomic mass is 35.5. The number of non-ortho nitro benzene ring substituents is 1. The van der Waals surface area contributed by atoms with E-state index < -0.39 is 4.92 Å². The molecule has 114 valence electrons. The molecule has 7 heteroatoms. The van der Waals surface area contributed by atoms with Gasteiger partial charge in [-0.2, -0.15) is 0 Å². The summed E-state index contributed by atoms with van der Waals surface area (Å²) >= 11 is 0. The van der Waals surface area contributed by atoms with Gasteiger partial charge in [-0.1, -0.05) is 6.07 Å². The zero-order valence-electron chi connectivity index (χ0n) is 11.5. The SMILES string of the molecule is Cl.O=C(c1cccc([N+](=O)[O-])c1)N1CCC2NCCC2C1. The lowest BCUT2D eigenvalue weighted by atomic mass is 9.93. The molecule has 2 unspecified atom stereocenters. The second-order valence-corrected chi connectivity index (χ2v) is 5.46. The van der Waals surface area contributed by atoms with Gasteiger partial charge in [0, 0.05) is 36.8 Å². The number of nitrogens with zero attached hydrogens (tertiary/aromatic N) is 2. The summed E-state index contributed by atoms with van der Waals surface area (Å²) in [5.41, 5.74) is 0.372. The Morgan fingerprint density at radius 3 is 2.95 bits per heavy atom. The molecule has 2 aliphatic rings. The number of benzene rings is 1. The summed E-state index contributed by atoms with van der Waals surface area (Å²) in [6.45, 7) is 2.49. The van der Waals surface area contributed by atoms with Crippen molar-refractivity contribution in [2.24, 2.45) is 5.92 Å². The number of carbonyl (C=O) groups excluding carboxylic acids is 1. The summed E-state index contributed by atoms with van der Waals surface area (Å²) < 4.78 is 0. The monoisotopic (exact) mass is 311 g/mol. The third-order valence-electron chi connectivity index (χ3n) is 4.25. The number of nitro benzene ring substituents is 1. The first-order chi connectivity index (χ1) is 9.65. The Morgan fingerprint density at radius 2 is 2.19 bits per heavy atom. The van der Waals surface area contributed by atoms with Crippen LogP contribution in [-0.4, -0.2) is 41.4 Å². The Balaban J connectivity index is 0.00000161. The zero-order chi connectivity index (χ0) is 14.1. The second kappa shape index (κ2) is 6.41. The average molecular weight is 312 g/mol.